The van der Waals surface area contributed by atoms with Crippen LogP contribution in [0.15, 0.2) is 53.7 Å². The third-order valence-corrected chi connectivity index (χ3v) is 6.54. The number of nitrogens with zero attached hydrogens (tertiary/aromatic N) is 5. The molecule has 8 nitrogen and oxygen atoms in total. The van der Waals surface area contributed by atoms with Gasteiger partial charge in [0.15, 0.2) is 11.0 Å². The van der Waals surface area contributed by atoms with Crippen LogP contribution in [0.3, 0.4) is 0 Å². The highest BCUT2D eigenvalue weighted by atomic mass is 35.5. The molecular weight excluding hydrogens is 468 g/mol. The number of amides is 1. The molecule has 0 aliphatic carbocycles. The van der Waals surface area contributed by atoms with E-state index in [0.717, 1.165) is 22.7 Å². The monoisotopic (exact) mass is 486 g/mol. The Hall–Kier alpha value is -2.95. The lowest BCUT2D eigenvalue weighted by atomic mass is 10.2. The van der Waals surface area contributed by atoms with E-state index in [-0.39, 0.29) is 11.7 Å². The molecule has 2 aromatic heterocycles. The van der Waals surface area contributed by atoms with Crippen LogP contribution in [-0.2, 0) is 11.2 Å². The number of para-hydroxylation sites is 1. The van der Waals surface area contributed by atoms with Gasteiger partial charge in [0.05, 0.1) is 24.1 Å². The second-order valence-corrected chi connectivity index (χ2v) is 8.95. The van der Waals surface area contributed by atoms with Gasteiger partial charge in [0.1, 0.15) is 10.8 Å². The van der Waals surface area contributed by atoms with E-state index in [1.165, 1.54) is 23.1 Å². The number of carbonyl (C=O) groups is 1. The van der Waals surface area contributed by atoms with Gasteiger partial charge in [0, 0.05) is 5.02 Å². The minimum absolute atomic E-state index is 0.131. The van der Waals surface area contributed by atoms with Gasteiger partial charge < -0.3 is 4.74 Å². The van der Waals surface area contributed by atoms with Crippen LogP contribution >= 0.6 is 34.7 Å². The lowest BCUT2D eigenvalue weighted by Gasteiger charge is -2.12. The fourth-order valence-corrected chi connectivity index (χ4v) is 4.58. The van der Waals surface area contributed by atoms with Crippen molar-refractivity contribution in [1.29, 1.82) is 0 Å². The number of carbonyl (C=O) groups excluding carboxylic acids is 1. The van der Waals surface area contributed by atoms with Gasteiger partial charge in [-0.05, 0) is 36.8 Å². The number of hydrogen-bond acceptors (Lipinski definition) is 8. The topological polar surface area (TPSA) is 94.8 Å². The number of ether oxygens (including phenoxy) is 1. The van der Waals surface area contributed by atoms with Crippen LogP contribution in [0, 0.1) is 0 Å². The Bertz CT molecular complexity index is 1240. The molecule has 0 aliphatic rings. The number of hydrogen-bond donors (Lipinski definition) is 1. The van der Waals surface area contributed by atoms with Gasteiger partial charge >= 0.3 is 0 Å². The van der Waals surface area contributed by atoms with Crippen LogP contribution in [0.25, 0.3) is 17.1 Å². The summed E-state index contributed by atoms with van der Waals surface area (Å²) >= 11 is 8.87. The van der Waals surface area contributed by atoms with Gasteiger partial charge in [-0.25, -0.2) is 0 Å². The number of benzene rings is 2. The van der Waals surface area contributed by atoms with Crippen LogP contribution in [0.4, 0.5) is 5.13 Å². The Morgan fingerprint density at radius 2 is 2.00 bits per heavy atom. The maximum Gasteiger partial charge on any atom is 0.236 e. The Balaban J connectivity index is 1.63. The largest absolute Gasteiger partial charge is 0.496 e. The van der Waals surface area contributed by atoms with Crippen molar-refractivity contribution in [3.63, 3.8) is 0 Å². The number of rotatable bonds is 8. The van der Waals surface area contributed by atoms with E-state index in [4.69, 9.17) is 16.3 Å². The normalized spacial score (nSPS) is 10.8. The van der Waals surface area contributed by atoms with Crippen LogP contribution in [0.2, 0.25) is 5.02 Å². The van der Waals surface area contributed by atoms with E-state index in [9.17, 15) is 4.79 Å². The van der Waals surface area contributed by atoms with E-state index in [1.54, 1.807) is 13.2 Å². The van der Waals surface area contributed by atoms with E-state index in [2.05, 4.69) is 25.7 Å². The summed E-state index contributed by atoms with van der Waals surface area (Å²) in [5.41, 5.74) is 1.56. The summed E-state index contributed by atoms with van der Waals surface area (Å²) in [6.45, 7) is 1.99. The lowest BCUT2D eigenvalue weighted by molar-refractivity contribution is -0.113. The molecule has 164 valence electrons. The highest BCUT2D eigenvalue weighted by Gasteiger charge is 2.20. The Labute approximate surface area is 198 Å². The smallest absolute Gasteiger partial charge is 0.236 e. The Kier molecular flexibility index (Phi) is 7.03. The quantitative estimate of drug-likeness (QED) is 0.359. The molecule has 0 atom stereocenters. The minimum atomic E-state index is -0.201. The average Bonchev–Trinajstić information content (AvgIpc) is 3.44. The maximum atomic E-state index is 12.5. The van der Waals surface area contributed by atoms with Gasteiger partial charge in [-0.3, -0.25) is 14.7 Å². The van der Waals surface area contributed by atoms with Crippen molar-refractivity contribution < 1.29 is 9.53 Å². The SMILES string of the molecule is CCc1nnc(NC(=O)CSc2nnc(-c3ccccc3OC)n2-c2cccc(Cl)c2)s1. The van der Waals surface area contributed by atoms with Crippen molar-refractivity contribution in [2.45, 2.75) is 18.5 Å². The van der Waals surface area contributed by atoms with Gasteiger partial charge in [-0.1, -0.05) is 59.8 Å². The molecule has 4 aromatic rings. The van der Waals surface area contributed by atoms with Gasteiger partial charge in [0.25, 0.3) is 0 Å². The molecule has 0 radical (unpaired) electrons. The molecule has 2 aromatic carbocycles. The molecule has 0 unspecified atom stereocenters. The number of thioether (sulfide) groups is 1. The molecule has 0 saturated heterocycles. The van der Waals surface area contributed by atoms with Crippen LogP contribution in [-0.4, -0.2) is 43.7 Å². The number of aryl methyl sites for hydroxylation is 1. The predicted octanol–water partition coefficient (Wildman–Crippen LogP) is 4.74. The van der Waals surface area contributed by atoms with Gasteiger partial charge in [0.2, 0.25) is 11.0 Å². The molecule has 32 heavy (non-hydrogen) atoms. The van der Waals surface area contributed by atoms with Crippen molar-refractivity contribution >= 4 is 45.7 Å². The second-order valence-electron chi connectivity index (χ2n) is 6.51. The van der Waals surface area contributed by atoms with E-state index in [0.29, 0.717) is 26.9 Å². The van der Waals surface area contributed by atoms with Crippen molar-refractivity contribution in [2.75, 3.05) is 18.2 Å². The molecular formula is C21H19ClN6O2S2. The molecule has 0 saturated carbocycles. The number of halogens is 1. The predicted molar refractivity (Wildman–Crippen MR) is 127 cm³/mol. The summed E-state index contributed by atoms with van der Waals surface area (Å²) in [5.74, 6) is 1.18. The summed E-state index contributed by atoms with van der Waals surface area (Å²) in [5, 5.41) is 22.0. The van der Waals surface area contributed by atoms with Gasteiger partial charge in [-0.2, -0.15) is 0 Å². The second kappa shape index (κ2) is 10.1. The highest BCUT2D eigenvalue weighted by molar-refractivity contribution is 7.99. The maximum absolute atomic E-state index is 12.5. The third-order valence-electron chi connectivity index (χ3n) is 4.40. The van der Waals surface area contributed by atoms with Crippen LogP contribution in [0.1, 0.15) is 11.9 Å². The minimum Gasteiger partial charge on any atom is -0.496 e. The van der Waals surface area contributed by atoms with E-state index < -0.39 is 0 Å². The first-order valence-electron chi connectivity index (χ1n) is 9.68. The van der Waals surface area contributed by atoms with Crippen LogP contribution in [0.5, 0.6) is 5.75 Å². The first kappa shape index (κ1) is 22.3. The molecule has 0 spiro atoms. The Morgan fingerprint density at radius 3 is 2.75 bits per heavy atom. The number of anilines is 1. The number of nitrogens with one attached hydrogen (secondary N) is 1. The summed E-state index contributed by atoms with van der Waals surface area (Å²) in [7, 11) is 1.61. The molecule has 1 amide bonds. The van der Waals surface area contributed by atoms with Crippen molar-refractivity contribution in [3.8, 4) is 22.8 Å². The molecule has 0 bridgehead atoms. The van der Waals surface area contributed by atoms with Crippen molar-refractivity contribution in [2.24, 2.45) is 0 Å². The zero-order valence-corrected chi connectivity index (χ0v) is 19.7. The Morgan fingerprint density at radius 1 is 1.16 bits per heavy atom. The number of aromatic nitrogens is 5. The zero-order chi connectivity index (χ0) is 22.5. The summed E-state index contributed by atoms with van der Waals surface area (Å²) < 4.78 is 7.37. The summed E-state index contributed by atoms with van der Waals surface area (Å²) in [6.07, 6.45) is 0.775. The third kappa shape index (κ3) is 4.93. The highest BCUT2D eigenvalue weighted by Crippen LogP contribution is 2.33. The summed E-state index contributed by atoms with van der Waals surface area (Å²) in [4.78, 5) is 12.5. The van der Waals surface area contributed by atoms with Crippen molar-refractivity contribution in [1.82, 2.24) is 25.0 Å². The first-order valence-corrected chi connectivity index (χ1v) is 11.9. The molecule has 1 N–H and O–H groups in total. The summed E-state index contributed by atoms with van der Waals surface area (Å²) in [6, 6.07) is 14.9. The van der Waals surface area contributed by atoms with Crippen LogP contribution < -0.4 is 10.1 Å². The molecule has 11 heteroatoms. The fraction of sp³-hybridized carbons (Fsp3) is 0.190. The van der Waals surface area contributed by atoms with Gasteiger partial charge in [-0.15, -0.1) is 20.4 Å². The lowest BCUT2D eigenvalue weighted by Crippen LogP contribution is -2.14. The standard InChI is InChI=1S/C21H19ClN6O2S2/c1-3-18-24-26-20(32-18)23-17(29)12-31-21-27-25-19(15-9-4-5-10-16(15)30-2)28(21)14-8-6-7-13(22)11-14/h4-11H,3,12H2,1-2H3,(H,23,26,29). The van der Waals surface area contributed by atoms with E-state index >= 15 is 0 Å². The average molecular weight is 487 g/mol. The molecule has 0 aliphatic heterocycles. The fourth-order valence-electron chi connectivity index (χ4n) is 2.95. The number of methoxy groups -OCH3 is 1. The molecule has 4 rings (SSSR count). The zero-order valence-electron chi connectivity index (χ0n) is 17.3. The van der Waals surface area contributed by atoms with E-state index in [1.807, 2.05) is 54.0 Å². The first-order chi connectivity index (χ1) is 15.6. The molecule has 0 fully saturated rings. The van der Waals surface area contributed by atoms with Crippen molar-refractivity contribution in [3.05, 3.63) is 58.6 Å². The molecule has 2 heterocycles.